The first-order chi connectivity index (χ1) is 11.9. The molecule has 8 nitrogen and oxygen atoms in total. The SMILES string of the molecule is CN(CC(=O)N1CCN(S(=O)(=O)c2ccc(F)c(Cl)c2)CC1)S(C)(=O)=O. The van der Waals surface area contributed by atoms with E-state index in [2.05, 4.69) is 0 Å². The second-order valence-electron chi connectivity index (χ2n) is 5.88. The van der Waals surface area contributed by atoms with Gasteiger partial charge in [-0.2, -0.15) is 8.61 Å². The third-order valence-electron chi connectivity index (χ3n) is 4.04. The Bertz CT molecular complexity index is 899. The average Bonchev–Trinajstić information content (AvgIpc) is 2.56. The van der Waals surface area contributed by atoms with E-state index in [1.54, 1.807) is 0 Å². The highest BCUT2D eigenvalue weighted by Gasteiger charge is 2.31. The van der Waals surface area contributed by atoms with Gasteiger partial charge in [0, 0.05) is 33.2 Å². The molecule has 0 bridgehead atoms. The number of halogens is 2. The molecular weight excluding hydrogens is 409 g/mol. The Hall–Kier alpha value is -1.27. The smallest absolute Gasteiger partial charge is 0.243 e. The summed E-state index contributed by atoms with van der Waals surface area (Å²) in [5.74, 6) is -1.11. The first kappa shape index (κ1) is 21.0. The maximum absolute atomic E-state index is 13.2. The van der Waals surface area contributed by atoms with E-state index in [-0.39, 0.29) is 42.6 Å². The fourth-order valence-corrected chi connectivity index (χ4v) is 4.41. The minimum absolute atomic E-state index is 0.0473. The van der Waals surface area contributed by atoms with Crippen LogP contribution in [0.5, 0.6) is 0 Å². The van der Waals surface area contributed by atoms with Crippen molar-refractivity contribution >= 4 is 37.6 Å². The van der Waals surface area contributed by atoms with Gasteiger partial charge in [-0.25, -0.2) is 21.2 Å². The molecule has 2 rings (SSSR count). The van der Waals surface area contributed by atoms with Gasteiger partial charge in [0.05, 0.1) is 22.7 Å². The normalized spacial score (nSPS) is 16.9. The zero-order chi connectivity index (χ0) is 19.7. The fourth-order valence-electron chi connectivity index (χ4n) is 2.37. The monoisotopic (exact) mass is 427 g/mol. The van der Waals surface area contributed by atoms with Gasteiger partial charge >= 0.3 is 0 Å². The summed E-state index contributed by atoms with van der Waals surface area (Å²) in [5, 5.41) is -0.288. The van der Waals surface area contributed by atoms with Crippen LogP contribution in [0.25, 0.3) is 0 Å². The van der Waals surface area contributed by atoms with Crippen molar-refractivity contribution < 1.29 is 26.0 Å². The van der Waals surface area contributed by atoms with E-state index in [9.17, 15) is 26.0 Å². The lowest BCUT2D eigenvalue weighted by atomic mass is 10.3. The highest BCUT2D eigenvalue weighted by atomic mass is 35.5. The number of benzene rings is 1. The average molecular weight is 428 g/mol. The number of likely N-dealkylation sites (N-methyl/N-ethyl adjacent to an activating group) is 1. The number of rotatable bonds is 5. The van der Waals surface area contributed by atoms with Crippen LogP contribution in [0.2, 0.25) is 5.02 Å². The van der Waals surface area contributed by atoms with E-state index in [1.165, 1.54) is 16.3 Å². The number of carbonyl (C=O) groups is 1. The number of piperazine rings is 1. The van der Waals surface area contributed by atoms with Crippen molar-refractivity contribution in [1.82, 2.24) is 13.5 Å². The number of hydrogen-bond donors (Lipinski definition) is 0. The molecular formula is C14H19ClFN3O5S2. The molecule has 26 heavy (non-hydrogen) atoms. The van der Waals surface area contributed by atoms with Crippen LogP contribution in [0.4, 0.5) is 4.39 Å². The highest BCUT2D eigenvalue weighted by molar-refractivity contribution is 7.89. The molecule has 0 N–H and O–H groups in total. The molecule has 0 saturated carbocycles. The van der Waals surface area contributed by atoms with E-state index in [1.807, 2.05) is 0 Å². The number of nitrogens with zero attached hydrogens (tertiary/aromatic N) is 3. The Balaban J connectivity index is 2.03. The highest BCUT2D eigenvalue weighted by Crippen LogP contribution is 2.23. The molecule has 146 valence electrons. The Labute approximate surface area is 157 Å². The lowest BCUT2D eigenvalue weighted by Crippen LogP contribution is -2.52. The van der Waals surface area contributed by atoms with Crippen LogP contribution < -0.4 is 0 Å². The first-order valence-corrected chi connectivity index (χ1v) is 11.2. The number of hydrogen-bond acceptors (Lipinski definition) is 5. The molecule has 0 radical (unpaired) electrons. The summed E-state index contributed by atoms with van der Waals surface area (Å²) in [5.41, 5.74) is 0. The minimum Gasteiger partial charge on any atom is -0.339 e. The minimum atomic E-state index is -3.86. The molecule has 0 aliphatic carbocycles. The van der Waals surface area contributed by atoms with E-state index in [0.29, 0.717) is 0 Å². The number of sulfonamides is 2. The molecule has 0 unspecified atom stereocenters. The van der Waals surface area contributed by atoms with Gasteiger partial charge < -0.3 is 4.90 Å². The second-order valence-corrected chi connectivity index (χ2v) is 10.3. The van der Waals surface area contributed by atoms with Gasteiger partial charge in [-0.1, -0.05) is 11.6 Å². The summed E-state index contributed by atoms with van der Waals surface area (Å²) in [6, 6.07) is 3.16. The summed E-state index contributed by atoms with van der Waals surface area (Å²) in [7, 11) is -6.04. The molecule has 1 amide bonds. The number of amides is 1. The topological polar surface area (TPSA) is 95.1 Å². The van der Waals surface area contributed by atoms with Gasteiger partial charge in [-0.05, 0) is 18.2 Å². The predicted octanol–water partition coefficient (Wildman–Crippen LogP) is 0.203. The van der Waals surface area contributed by atoms with Crippen molar-refractivity contribution in [1.29, 1.82) is 0 Å². The second kappa shape index (κ2) is 7.77. The van der Waals surface area contributed by atoms with Crippen LogP contribution in [-0.2, 0) is 24.8 Å². The lowest BCUT2D eigenvalue weighted by molar-refractivity contribution is -0.132. The third-order valence-corrected chi connectivity index (χ3v) is 7.49. The van der Waals surface area contributed by atoms with E-state index < -0.39 is 31.8 Å². The van der Waals surface area contributed by atoms with Crippen molar-refractivity contribution in [2.45, 2.75) is 4.90 Å². The van der Waals surface area contributed by atoms with Crippen LogP contribution >= 0.6 is 11.6 Å². The standard InChI is InChI=1S/C14H19ClFN3O5S2/c1-17(25(2,21)22)10-14(20)18-5-7-19(8-6-18)26(23,24)11-3-4-13(16)12(15)9-11/h3-4,9H,5-8,10H2,1-2H3. The van der Waals surface area contributed by atoms with Crippen LogP contribution in [0.1, 0.15) is 0 Å². The quantitative estimate of drug-likeness (QED) is 0.669. The molecule has 0 spiro atoms. The molecule has 12 heteroatoms. The molecule has 1 heterocycles. The maximum Gasteiger partial charge on any atom is 0.243 e. The molecule has 0 aromatic heterocycles. The van der Waals surface area contributed by atoms with Gasteiger partial charge in [0.1, 0.15) is 5.82 Å². The van der Waals surface area contributed by atoms with Gasteiger partial charge in [0.25, 0.3) is 0 Å². The van der Waals surface area contributed by atoms with Crippen LogP contribution in [0.3, 0.4) is 0 Å². The lowest BCUT2D eigenvalue weighted by Gasteiger charge is -2.34. The maximum atomic E-state index is 13.2. The molecule has 0 atom stereocenters. The Morgan fingerprint density at radius 2 is 1.77 bits per heavy atom. The van der Waals surface area contributed by atoms with Gasteiger partial charge in [0.2, 0.25) is 26.0 Å². The number of carbonyl (C=O) groups excluding carboxylic acids is 1. The molecule has 1 aromatic rings. The van der Waals surface area contributed by atoms with Crippen molar-refractivity contribution in [3.05, 3.63) is 29.0 Å². The van der Waals surface area contributed by atoms with Crippen LogP contribution in [-0.4, -0.2) is 82.3 Å². The van der Waals surface area contributed by atoms with Crippen LogP contribution in [0.15, 0.2) is 23.1 Å². The van der Waals surface area contributed by atoms with Crippen molar-refractivity contribution in [3.63, 3.8) is 0 Å². The van der Waals surface area contributed by atoms with Crippen molar-refractivity contribution in [3.8, 4) is 0 Å². The largest absolute Gasteiger partial charge is 0.339 e. The van der Waals surface area contributed by atoms with Crippen molar-refractivity contribution in [2.24, 2.45) is 0 Å². The summed E-state index contributed by atoms with van der Waals surface area (Å²) >= 11 is 5.64. The zero-order valence-electron chi connectivity index (χ0n) is 14.2. The van der Waals surface area contributed by atoms with Gasteiger partial charge in [0.15, 0.2) is 0 Å². The summed E-state index contributed by atoms with van der Waals surface area (Å²) in [6.07, 6.45) is 0.999. The predicted molar refractivity (Wildman–Crippen MR) is 94.2 cm³/mol. The first-order valence-electron chi connectivity index (χ1n) is 7.57. The molecule has 1 aliphatic heterocycles. The van der Waals surface area contributed by atoms with E-state index in [0.717, 1.165) is 28.8 Å². The molecule has 1 aliphatic rings. The Kier molecular flexibility index (Phi) is 6.28. The summed E-state index contributed by atoms with van der Waals surface area (Å²) in [6.45, 7) is 0.0473. The zero-order valence-corrected chi connectivity index (χ0v) is 16.6. The van der Waals surface area contributed by atoms with E-state index >= 15 is 0 Å². The van der Waals surface area contributed by atoms with E-state index in [4.69, 9.17) is 11.6 Å². The van der Waals surface area contributed by atoms with Crippen LogP contribution in [0, 0.1) is 5.82 Å². The molecule has 1 aromatic carbocycles. The third kappa shape index (κ3) is 4.71. The fraction of sp³-hybridized carbons (Fsp3) is 0.500. The van der Waals surface area contributed by atoms with Gasteiger partial charge in [-0.15, -0.1) is 0 Å². The summed E-state index contributed by atoms with van der Waals surface area (Å²) in [4.78, 5) is 13.4. The molecule has 1 fully saturated rings. The Morgan fingerprint density at radius 3 is 2.27 bits per heavy atom. The van der Waals surface area contributed by atoms with Gasteiger partial charge in [-0.3, -0.25) is 4.79 Å². The molecule has 1 saturated heterocycles. The summed E-state index contributed by atoms with van der Waals surface area (Å²) < 4.78 is 63.3. The Morgan fingerprint density at radius 1 is 1.19 bits per heavy atom. The van der Waals surface area contributed by atoms with Crippen molar-refractivity contribution in [2.75, 3.05) is 46.0 Å².